The molecule has 1 atom stereocenters. The highest BCUT2D eigenvalue weighted by atomic mass is 16.6. The molecule has 1 N–H and O–H groups in total. The number of aromatic nitrogens is 1. The molecule has 1 fully saturated rings. The van der Waals surface area contributed by atoms with E-state index in [0.29, 0.717) is 16.5 Å². The van der Waals surface area contributed by atoms with Gasteiger partial charge in [0.25, 0.3) is 0 Å². The lowest BCUT2D eigenvalue weighted by Crippen LogP contribution is -2.69. The fourth-order valence-electron chi connectivity index (χ4n) is 4.68. The van der Waals surface area contributed by atoms with Crippen LogP contribution in [0.25, 0.3) is 10.9 Å². The smallest absolute Gasteiger partial charge is 0.411 e. The number of Topliss-reactive ketones (excluding diaryl/α,β-unsaturated/α-hetero) is 1. The molecule has 0 saturated carbocycles. The van der Waals surface area contributed by atoms with Crippen molar-refractivity contribution in [3.63, 3.8) is 0 Å². The lowest BCUT2D eigenvalue weighted by molar-refractivity contribution is -0.154. The van der Waals surface area contributed by atoms with Crippen LogP contribution in [0.4, 0.5) is 9.59 Å². The molecule has 0 unspecified atom stereocenters. The maximum Gasteiger partial charge on any atom is 0.411 e. The molecule has 1 aromatic heterocycles. The Balaban J connectivity index is 1.70. The molecule has 0 aliphatic carbocycles. The maximum absolute atomic E-state index is 13.8. The number of hydrogen-bond acceptors (Lipinski definition) is 8. The van der Waals surface area contributed by atoms with E-state index in [1.54, 1.807) is 75.4 Å². The number of ether oxygens (including phenoxy) is 3. The molecular weight excluding hydrogens is 530 g/mol. The Morgan fingerprint density at radius 3 is 2.32 bits per heavy atom. The average molecular weight is 564 g/mol. The fourth-order valence-corrected chi connectivity index (χ4v) is 4.68. The van der Waals surface area contributed by atoms with Gasteiger partial charge in [0.05, 0.1) is 24.7 Å². The minimum absolute atomic E-state index is 0.0145. The molecule has 0 bridgehead atoms. The van der Waals surface area contributed by atoms with Gasteiger partial charge in [0.1, 0.15) is 12.2 Å². The second kappa shape index (κ2) is 11.8. The number of ketones is 1. The highest BCUT2D eigenvalue weighted by molar-refractivity contribution is 6.04. The molecule has 0 radical (unpaired) electrons. The van der Waals surface area contributed by atoms with E-state index < -0.39 is 48.0 Å². The van der Waals surface area contributed by atoms with Gasteiger partial charge in [-0.1, -0.05) is 48.5 Å². The van der Waals surface area contributed by atoms with Crippen molar-refractivity contribution in [1.29, 1.82) is 0 Å². The van der Waals surface area contributed by atoms with Gasteiger partial charge in [0.15, 0.2) is 11.3 Å². The van der Waals surface area contributed by atoms with Crippen LogP contribution in [0.15, 0.2) is 60.7 Å². The molecule has 41 heavy (non-hydrogen) atoms. The zero-order valence-corrected chi connectivity index (χ0v) is 23.5. The molecule has 0 spiro atoms. The third-order valence-electron chi connectivity index (χ3n) is 6.67. The third-order valence-corrected chi connectivity index (χ3v) is 6.67. The number of aliphatic carboxylic acids is 1. The van der Waals surface area contributed by atoms with Gasteiger partial charge in [0.2, 0.25) is 5.88 Å². The van der Waals surface area contributed by atoms with Crippen LogP contribution in [0.1, 0.15) is 43.1 Å². The number of para-hydroxylation sites is 1. The number of carboxylic acids is 1. The van der Waals surface area contributed by atoms with Crippen molar-refractivity contribution < 1.29 is 38.5 Å². The van der Waals surface area contributed by atoms with E-state index in [0.717, 1.165) is 4.90 Å². The number of nitrogens with zero attached hydrogens (tertiary/aromatic N) is 3. The summed E-state index contributed by atoms with van der Waals surface area (Å²) in [5.74, 6) is -2.08. The number of carbonyl (C=O) groups excluding carboxylic acids is 3. The summed E-state index contributed by atoms with van der Waals surface area (Å²) in [5.41, 5.74) is -1.64. The van der Waals surface area contributed by atoms with Crippen LogP contribution < -0.4 is 4.74 Å². The first-order valence-corrected chi connectivity index (χ1v) is 13.1. The lowest BCUT2D eigenvalue weighted by Gasteiger charge is -2.46. The molecule has 3 aromatic rings. The summed E-state index contributed by atoms with van der Waals surface area (Å²) in [4.78, 5) is 59.8. The van der Waals surface area contributed by atoms with Crippen molar-refractivity contribution in [3.05, 3.63) is 71.8 Å². The van der Waals surface area contributed by atoms with Crippen molar-refractivity contribution in [1.82, 2.24) is 14.8 Å². The average Bonchev–Trinajstić information content (AvgIpc) is 2.94. The molecule has 216 valence electrons. The van der Waals surface area contributed by atoms with Gasteiger partial charge < -0.3 is 24.2 Å². The molecule has 4 rings (SSSR count). The largest absolute Gasteiger partial charge is 0.480 e. The molecule has 2 aromatic carbocycles. The normalized spacial score (nSPS) is 17.2. The lowest BCUT2D eigenvalue weighted by atomic mass is 9.86. The fraction of sp³-hybridized carbons (Fsp3) is 0.367. The molecule has 11 heteroatoms. The Labute approximate surface area is 237 Å². The van der Waals surface area contributed by atoms with E-state index in [1.165, 1.54) is 12.0 Å². The molecule has 2 amide bonds. The summed E-state index contributed by atoms with van der Waals surface area (Å²) < 4.78 is 16.3. The summed E-state index contributed by atoms with van der Waals surface area (Å²) in [6, 6.07) is 17.6. The molecule has 11 nitrogen and oxygen atoms in total. The highest BCUT2D eigenvalue weighted by Crippen LogP contribution is 2.32. The summed E-state index contributed by atoms with van der Waals surface area (Å²) in [6.45, 7) is 4.27. The number of carbonyl (C=O) groups is 4. The topological polar surface area (TPSA) is 136 Å². The Hall–Kier alpha value is -4.67. The number of rotatable bonds is 7. The van der Waals surface area contributed by atoms with Gasteiger partial charge in [-0.3, -0.25) is 9.69 Å². The van der Waals surface area contributed by atoms with Crippen molar-refractivity contribution >= 4 is 34.8 Å². The maximum atomic E-state index is 13.8. The van der Waals surface area contributed by atoms with Crippen molar-refractivity contribution in [2.75, 3.05) is 26.7 Å². The van der Waals surface area contributed by atoms with E-state index in [-0.39, 0.29) is 31.1 Å². The second-order valence-corrected chi connectivity index (χ2v) is 10.8. The van der Waals surface area contributed by atoms with Gasteiger partial charge in [-0.15, -0.1) is 0 Å². The van der Waals surface area contributed by atoms with Crippen LogP contribution in [0.5, 0.6) is 5.88 Å². The number of benzene rings is 2. The highest BCUT2D eigenvalue weighted by Gasteiger charge is 2.54. The first kappa shape index (κ1) is 29.3. The first-order valence-electron chi connectivity index (χ1n) is 13.1. The van der Waals surface area contributed by atoms with Gasteiger partial charge in [-0.05, 0) is 38.5 Å². The van der Waals surface area contributed by atoms with Gasteiger partial charge in [-0.2, -0.15) is 0 Å². The molecule has 2 heterocycles. The number of methoxy groups -OCH3 is 1. The van der Waals surface area contributed by atoms with E-state index in [1.807, 2.05) is 6.07 Å². The molecule has 1 saturated heterocycles. The van der Waals surface area contributed by atoms with E-state index in [9.17, 15) is 24.3 Å². The molecular formula is C30H33N3O8. The number of amides is 2. The van der Waals surface area contributed by atoms with Gasteiger partial charge >= 0.3 is 18.2 Å². The number of piperazine rings is 1. The van der Waals surface area contributed by atoms with E-state index in [4.69, 9.17) is 14.2 Å². The Bertz CT molecular complexity index is 1450. The minimum atomic E-state index is -2.16. The predicted octanol–water partition coefficient (Wildman–Crippen LogP) is 4.53. The van der Waals surface area contributed by atoms with E-state index in [2.05, 4.69) is 4.98 Å². The summed E-state index contributed by atoms with van der Waals surface area (Å²) in [5, 5.41) is 11.2. The predicted molar refractivity (Wildman–Crippen MR) is 149 cm³/mol. The minimum Gasteiger partial charge on any atom is -0.480 e. The monoisotopic (exact) mass is 563 g/mol. The van der Waals surface area contributed by atoms with Crippen LogP contribution in [-0.4, -0.2) is 81.7 Å². The SMILES string of the molecule is COc1nc2ccccc2cc1C(=O)C[C@@]1(C(=O)O)CN(C(=O)OC(C)(C)C)CCN1C(=O)OCc1ccccc1. The Morgan fingerprint density at radius 1 is 0.976 bits per heavy atom. The number of pyridine rings is 1. The van der Waals surface area contributed by atoms with Crippen LogP contribution in [0.3, 0.4) is 0 Å². The number of hydrogen-bond donors (Lipinski definition) is 1. The zero-order valence-electron chi connectivity index (χ0n) is 23.5. The summed E-state index contributed by atoms with van der Waals surface area (Å²) in [6.07, 6.45) is -2.34. The van der Waals surface area contributed by atoms with Crippen molar-refractivity contribution in [2.45, 2.75) is 44.9 Å². The Kier molecular flexibility index (Phi) is 8.46. The first-order chi connectivity index (χ1) is 19.4. The Morgan fingerprint density at radius 2 is 1.66 bits per heavy atom. The van der Waals surface area contributed by atoms with Gasteiger partial charge in [0, 0.05) is 24.9 Å². The quantitative estimate of drug-likeness (QED) is 0.411. The van der Waals surface area contributed by atoms with Crippen LogP contribution >= 0.6 is 0 Å². The zero-order chi connectivity index (χ0) is 29.8. The summed E-state index contributed by atoms with van der Waals surface area (Å²) in [7, 11) is 1.36. The summed E-state index contributed by atoms with van der Waals surface area (Å²) >= 11 is 0. The standard InChI is InChI=1S/C30H33N3O8/c1-29(2,3)41-27(37)32-14-15-33(28(38)40-18-20-10-6-5-7-11-20)30(19-32,26(35)36)17-24(34)22-16-21-12-8-9-13-23(21)31-25(22)39-4/h5-13,16H,14-15,17-19H2,1-4H3,(H,35,36)/t30-/m0/s1. The van der Waals surface area contributed by atoms with Gasteiger partial charge in [-0.25, -0.2) is 19.4 Å². The van der Waals surface area contributed by atoms with Crippen molar-refractivity contribution in [2.24, 2.45) is 0 Å². The third kappa shape index (κ3) is 6.56. The van der Waals surface area contributed by atoms with Crippen LogP contribution in [-0.2, 0) is 20.9 Å². The van der Waals surface area contributed by atoms with E-state index >= 15 is 0 Å². The number of carboxylic acid groups (broad SMARTS) is 1. The van der Waals surface area contributed by atoms with Crippen LogP contribution in [0, 0.1) is 0 Å². The van der Waals surface area contributed by atoms with Crippen LogP contribution in [0.2, 0.25) is 0 Å². The molecule has 1 aliphatic rings. The molecule has 1 aliphatic heterocycles. The van der Waals surface area contributed by atoms with Crippen molar-refractivity contribution in [3.8, 4) is 5.88 Å². The number of fused-ring (bicyclic) bond motifs is 1. The second-order valence-electron chi connectivity index (χ2n) is 10.8.